The fourth-order valence-corrected chi connectivity index (χ4v) is 3.02. The Hall–Kier alpha value is -2.59. The largest absolute Gasteiger partial charge is 0.497 e. The van der Waals surface area contributed by atoms with Gasteiger partial charge in [0, 0.05) is 30.9 Å². The van der Waals surface area contributed by atoms with Crippen LogP contribution in [-0.4, -0.2) is 31.0 Å². The normalized spacial score (nSPS) is 14.7. The molecule has 2 aromatic rings. The summed E-state index contributed by atoms with van der Waals surface area (Å²) in [6, 6.07) is 16.0. The highest BCUT2D eigenvalue weighted by Gasteiger charge is 2.17. The molecule has 0 fully saturated rings. The summed E-state index contributed by atoms with van der Waals surface area (Å²) < 4.78 is 5.13. The van der Waals surface area contributed by atoms with E-state index < -0.39 is 0 Å². The monoisotopic (exact) mass is 336 g/mol. The van der Waals surface area contributed by atoms with Gasteiger partial charge in [0.05, 0.1) is 7.11 Å². The van der Waals surface area contributed by atoms with Crippen LogP contribution in [0.15, 0.2) is 60.2 Å². The first-order valence-corrected chi connectivity index (χ1v) is 8.56. The van der Waals surface area contributed by atoms with Gasteiger partial charge in [-0.15, -0.1) is 0 Å². The standard InChI is InChI=1S/C21H24N2O2/c1-16-4-3-5-17(14-16)15-23-12-10-18(11-13-23)21(24)22-19-6-8-20(25-2)9-7-19/h3-10,14H,11-13,15H2,1-2H3,(H,22,24). The van der Waals surface area contributed by atoms with Gasteiger partial charge in [0.2, 0.25) is 0 Å². The molecule has 1 amide bonds. The number of hydrogen-bond acceptors (Lipinski definition) is 3. The number of ether oxygens (including phenoxy) is 1. The number of rotatable bonds is 5. The number of nitrogens with one attached hydrogen (secondary N) is 1. The maximum Gasteiger partial charge on any atom is 0.251 e. The summed E-state index contributed by atoms with van der Waals surface area (Å²) in [4.78, 5) is 14.8. The second-order valence-corrected chi connectivity index (χ2v) is 6.39. The Bertz CT molecular complexity index is 766. The average molecular weight is 336 g/mol. The molecule has 1 aliphatic heterocycles. The van der Waals surface area contributed by atoms with Crippen LogP contribution in [0.3, 0.4) is 0 Å². The Balaban J connectivity index is 1.55. The summed E-state index contributed by atoms with van der Waals surface area (Å²) in [5, 5.41) is 2.95. The van der Waals surface area contributed by atoms with E-state index in [0.717, 1.165) is 43.1 Å². The molecule has 0 atom stereocenters. The van der Waals surface area contributed by atoms with Crippen molar-refractivity contribution in [1.29, 1.82) is 0 Å². The highest BCUT2D eigenvalue weighted by Crippen LogP contribution is 2.19. The van der Waals surface area contributed by atoms with Gasteiger partial charge in [0.25, 0.3) is 5.91 Å². The first kappa shape index (κ1) is 17.2. The van der Waals surface area contributed by atoms with Crippen molar-refractivity contribution in [2.45, 2.75) is 19.9 Å². The number of carbonyl (C=O) groups excluding carboxylic acids is 1. The Labute approximate surface area is 149 Å². The van der Waals surface area contributed by atoms with Crippen LogP contribution in [-0.2, 0) is 11.3 Å². The predicted molar refractivity (Wildman–Crippen MR) is 101 cm³/mol. The van der Waals surface area contributed by atoms with Gasteiger partial charge >= 0.3 is 0 Å². The number of benzene rings is 2. The third kappa shape index (κ3) is 4.70. The second-order valence-electron chi connectivity index (χ2n) is 6.39. The maximum absolute atomic E-state index is 12.4. The zero-order chi connectivity index (χ0) is 17.6. The molecule has 0 aromatic heterocycles. The number of carbonyl (C=O) groups is 1. The molecule has 0 radical (unpaired) electrons. The van der Waals surface area contributed by atoms with Crippen molar-refractivity contribution in [3.63, 3.8) is 0 Å². The van der Waals surface area contributed by atoms with Crippen LogP contribution < -0.4 is 10.1 Å². The van der Waals surface area contributed by atoms with Crippen molar-refractivity contribution in [1.82, 2.24) is 4.90 Å². The highest BCUT2D eigenvalue weighted by molar-refractivity contribution is 6.03. The molecule has 130 valence electrons. The first-order valence-electron chi connectivity index (χ1n) is 8.56. The molecule has 0 aliphatic carbocycles. The summed E-state index contributed by atoms with van der Waals surface area (Å²) in [5.41, 5.74) is 4.24. The van der Waals surface area contributed by atoms with Crippen molar-refractivity contribution in [2.24, 2.45) is 0 Å². The van der Waals surface area contributed by atoms with Gasteiger partial charge in [-0.2, -0.15) is 0 Å². The number of nitrogens with zero attached hydrogens (tertiary/aromatic N) is 1. The zero-order valence-electron chi connectivity index (χ0n) is 14.8. The molecule has 2 aromatic carbocycles. The van der Waals surface area contributed by atoms with Crippen molar-refractivity contribution in [3.8, 4) is 5.75 Å². The molecule has 25 heavy (non-hydrogen) atoms. The van der Waals surface area contributed by atoms with Gasteiger partial charge in [-0.25, -0.2) is 0 Å². The fourth-order valence-electron chi connectivity index (χ4n) is 3.02. The van der Waals surface area contributed by atoms with Gasteiger partial charge in [0.1, 0.15) is 5.75 Å². The molecule has 3 rings (SSSR count). The van der Waals surface area contributed by atoms with Gasteiger partial charge in [-0.05, 0) is 43.2 Å². The van der Waals surface area contributed by atoms with Gasteiger partial charge in [-0.1, -0.05) is 35.9 Å². The molecule has 0 saturated carbocycles. The van der Waals surface area contributed by atoms with Crippen LogP contribution >= 0.6 is 0 Å². The van der Waals surface area contributed by atoms with Gasteiger partial charge in [0.15, 0.2) is 0 Å². The summed E-state index contributed by atoms with van der Waals surface area (Å²) in [6.45, 7) is 4.74. The fraction of sp³-hybridized carbons (Fsp3) is 0.286. The maximum atomic E-state index is 12.4. The van der Waals surface area contributed by atoms with Crippen molar-refractivity contribution in [2.75, 3.05) is 25.5 Å². The van der Waals surface area contributed by atoms with Gasteiger partial charge < -0.3 is 10.1 Å². The third-order valence-corrected chi connectivity index (χ3v) is 4.42. The molecule has 0 bridgehead atoms. The lowest BCUT2D eigenvalue weighted by Gasteiger charge is -2.26. The number of amides is 1. The van der Waals surface area contributed by atoms with E-state index in [9.17, 15) is 4.79 Å². The van der Waals surface area contributed by atoms with Crippen molar-refractivity contribution >= 4 is 11.6 Å². The number of aryl methyl sites for hydroxylation is 1. The van der Waals surface area contributed by atoms with Crippen LogP contribution in [0.5, 0.6) is 5.75 Å². The quantitative estimate of drug-likeness (QED) is 0.903. The van der Waals surface area contributed by atoms with E-state index in [4.69, 9.17) is 4.74 Å². The molecule has 4 heteroatoms. The lowest BCUT2D eigenvalue weighted by molar-refractivity contribution is -0.113. The first-order chi connectivity index (χ1) is 12.1. The summed E-state index contributed by atoms with van der Waals surface area (Å²) in [7, 11) is 1.63. The third-order valence-electron chi connectivity index (χ3n) is 4.42. The van der Waals surface area contributed by atoms with Crippen LogP contribution in [0.4, 0.5) is 5.69 Å². The SMILES string of the molecule is COc1ccc(NC(=O)C2=CCN(Cc3cccc(C)c3)CC2)cc1. The Kier molecular flexibility index (Phi) is 5.51. The van der Waals surface area contributed by atoms with E-state index in [1.165, 1.54) is 11.1 Å². The van der Waals surface area contributed by atoms with E-state index in [1.54, 1.807) is 7.11 Å². The smallest absolute Gasteiger partial charge is 0.251 e. The van der Waals surface area contributed by atoms with Crippen LogP contribution in [0.1, 0.15) is 17.5 Å². The van der Waals surface area contributed by atoms with Gasteiger partial charge in [-0.3, -0.25) is 9.69 Å². The molecule has 4 nitrogen and oxygen atoms in total. The molecule has 1 aliphatic rings. The molecular formula is C21H24N2O2. The minimum Gasteiger partial charge on any atom is -0.497 e. The van der Waals surface area contributed by atoms with E-state index in [-0.39, 0.29) is 5.91 Å². The number of anilines is 1. The zero-order valence-corrected chi connectivity index (χ0v) is 14.8. The summed E-state index contributed by atoms with van der Waals surface area (Å²) >= 11 is 0. The summed E-state index contributed by atoms with van der Waals surface area (Å²) in [6.07, 6.45) is 2.81. The molecular weight excluding hydrogens is 312 g/mol. The topological polar surface area (TPSA) is 41.6 Å². The van der Waals surface area contributed by atoms with Crippen molar-refractivity contribution in [3.05, 3.63) is 71.3 Å². The van der Waals surface area contributed by atoms with E-state index in [2.05, 4.69) is 41.4 Å². The molecule has 0 spiro atoms. The number of hydrogen-bond donors (Lipinski definition) is 1. The predicted octanol–water partition coefficient (Wildman–Crippen LogP) is 3.77. The Morgan fingerprint density at radius 1 is 1.20 bits per heavy atom. The Morgan fingerprint density at radius 2 is 2.00 bits per heavy atom. The van der Waals surface area contributed by atoms with E-state index in [1.807, 2.05) is 30.3 Å². The van der Waals surface area contributed by atoms with Crippen LogP contribution in [0.2, 0.25) is 0 Å². The molecule has 1 N–H and O–H groups in total. The van der Waals surface area contributed by atoms with E-state index in [0.29, 0.717) is 0 Å². The lowest BCUT2D eigenvalue weighted by atomic mass is 10.1. The van der Waals surface area contributed by atoms with Crippen LogP contribution in [0, 0.1) is 6.92 Å². The molecule has 0 unspecified atom stereocenters. The Morgan fingerprint density at radius 3 is 2.64 bits per heavy atom. The molecule has 1 heterocycles. The van der Waals surface area contributed by atoms with Crippen molar-refractivity contribution < 1.29 is 9.53 Å². The second kappa shape index (κ2) is 7.99. The average Bonchev–Trinajstić information content (AvgIpc) is 2.63. The lowest BCUT2D eigenvalue weighted by Crippen LogP contribution is -2.31. The molecule has 0 saturated heterocycles. The van der Waals surface area contributed by atoms with Crippen LogP contribution in [0.25, 0.3) is 0 Å². The minimum atomic E-state index is -0.0135. The summed E-state index contributed by atoms with van der Waals surface area (Å²) in [5.74, 6) is 0.766. The number of methoxy groups -OCH3 is 1. The highest BCUT2D eigenvalue weighted by atomic mass is 16.5. The minimum absolute atomic E-state index is 0.0135. The van der Waals surface area contributed by atoms with E-state index >= 15 is 0 Å².